The van der Waals surface area contributed by atoms with Crippen LogP contribution in [0.3, 0.4) is 0 Å². The van der Waals surface area contributed by atoms with Crippen LogP contribution in [0.5, 0.6) is 0 Å². The van der Waals surface area contributed by atoms with Gasteiger partial charge in [0.15, 0.2) is 0 Å². The zero-order valence-corrected chi connectivity index (χ0v) is 14.1. The van der Waals surface area contributed by atoms with Gasteiger partial charge in [-0.3, -0.25) is 0 Å². The Bertz CT molecular complexity index is 771. The van der Waals surface area contributed by atoms with Gasteiger partial charge in [-0.2, -0.15) is 13.2 Å². The normalized spacial score (nSPS) is 20.3. The average Bonchev–Trinajstić information content (AvgIpc) is 3.08. The lowest BCUT2D eigenvalue weighted by Crippen LogP contribution is -2.30. The van der Waals surface area contributed by atoms with Crippen molar-refractivity contribution >= 4 is 5.97 Å². The van der Waals surface area contributed by atoms with Gasteiger partial charge in [0.05, 0.1) is 11.1 Å². The summed E-state index contributed by atoms with van der Waals surface area (Å²) in [6.07, 6.45) is -1.59. The maximum Gasteiger partial charge on any atom is 0.416 e. The third-order valence-electron chi connectivity index (χ3n) is 4.93. The third-order valence-corrected chi connectivity index (χ3v) is 4.93. The minimum absolute atomic E-state index is 0.0515. The van der Waals surface area contributed by atoms with E-state index >= 15 is 0 Å². The van der Waals surface area contributed by atoms with Gasteiger partial charge in [-0.1, -0.05) is 36.8 Å². The largest absolute Gasteiger partial charge is 0.478 e. The summed E-state index contributed by atoms with van der Waals surface area (Å²) in [4.78, 5) is 10.9. The maximum atomic E-state index is 13.0. The first-order valence-corrected chi connectivity index (χ1v) is 8.57. The fourth-order valence-corrected chi connectivity index (χ4v) is 3.56. The molecule has 0 amide bonds. The molecular weight excluding hydrogens is 343 g/mol. The van der Waals surface area contributed by atoms with Crippen LogP contribution in [-0.4, -0.2) is 17.1 Å². The van der Waals surface area contributed by atoms with E-state index < -0.39 is 17.7 Å². The Labute approximate surface area is 149 Å². The predicted octanol–water partition coefficient (Wildman–Crippen LogP) is 4.83. The van der Waals surface area contributed by atoms with Gasteiger partial charge >= 0.3 is 12.1 Å². The van der Waals surface area contributed by atoms with Crippen molar-refractivity contribution in [2.45, 2.75) is 43.9 Å². The van der Waals surface area contributed by atoms with Crippen LogP contribution in [0.4, 0.5) is 13.2 Å². The van der Waals surface area contributed by atoms with Crippen LogP contribution in [0.15, 0.2) is 48.5 Å². The number of rotatable bonds is 5. The van der Waals surface area contributed by atoms with E-state index in [1.807, 2.05) is 0 Å². The molecule has 0 spiro atoms. The zero-order valence-electron chi connectivity index (χ0n) is 14.1. The molecule has 6 heteroatoms. The van der Waals surface area contributed by atoms with Gasteiger partial charge in [-0.05, 0) is 48.1 Å². The third kappa shape index (κ3) is 4.25. The smallest absolute Gasteiger partial charge is 0.416 e. The Hall–Kier alpha value is -2.34. The number of hydrogen-bond acceptors (Lipinski definition) is 2. The first-order valence-electron chi connectivity index (χ1n) is 8.57. The summed E-state index contributed by atoms with van der Waals surface area (Å²) in [5, 5.41) is 12.3. The molecule has 2 aromatic rings. The Morgan fingerprint density at radius 1 is 1.12 bits per heavy atom. The van der Waals surface area contributed by atoms with Crippen molar-refractivity contribution in [1.29, 1.82) is 0 Å². The molecule has 1 aliphatic rings. The summed E-state index contributed by atoms with van der Waals surface area (Å²) in [6, 6.07) is 12.3. The van der Waals surface area contributed by atoms with Gasteiger partial charge in [-0.15, -0.1) is 0 Å². The molecule has 0 heterocycles. The van der Waals surface area contributed by atoms with E-state index in [9.17, 15) is 18.0 Å². The standard InChI is InChI=1S/C20H20F3NO2/c21-20(22,23)16-4-1-3-15(11-16)17-5-2-6-18(17)24-12-13-7-9-14(10-8-13)19(25)26/h1,3-4,7-11,17-18,24H,2,5-6,12H2,(H,25,26). The fourth-order valence-electron chi connectivity index (χ4n) is 3.56. The molecule has 0 bridgehead atoms. The Kier molecular flexibility index (Phi) is 5.32. The number of carboxylic acid groups (broad SMARTS) is 1. The van der Waals surface area contributed by atoms with Gasteiger partial charge in [0.25, 0.3) is 0 Å². The number of carboxylic acids is 1. The lowest BCUT2D eigenvalue weighted by molar-refractivity contribution is -0.137. The predicted molar refractivity (Wildman–Crippen MR) is 92.1 cm³/mol. The van der Waals surface area contributed by atoms with Gasteiger partial charge in [0.1, 0.15) is 0 Å². The monoisotopic (exact) mass is 363 g/mol. The molecule has 3 rings (SSSR count). The molecule has 0 saturated heterocycles. The highest BCUT2D eigenvalue weighted by molar-refractivity contribution is 5.87. The SMILES string of the molecule is O=C(O)c1ccc(CNC2CCCC2c2cccc(C(F)(F)F)c2)cc1. The van der Waals surface area contributed by atoms with E-state index in [2.05, 4.69) is 5.32 Å². The second kappa shape index (κ2) is 7.50. The van der Waals surface area contributed by atoms with Crippen LogP contribution >= 0.6 is 0 Å². The summed E-state index contributed by atoms with van der Waals surface area (Å²) >= 11 is 0. The highest BCUT2D eigenvalue weighted by Crippen LogP contribution is 2.37. The van der Waals surface area contributed by atoms with Crippen molar-refractivity contribution in [2.24, 2.45) is 0 Å². The van der Waals surface area contributed by atoms with Crippen molar-refractivity contribution in [3.8, 4) is 0 Å². The van der Waals surface area contributed by atoms with Gasteiger partial charge in [-0.25, -0.2) is 4.79 Å². The number of alkyl halides is 3. The number of halogens is 3. The quantitative estimate of drug-likeness (QED) is 0.800. The van der Waals surface area contributed by atoms with Crippen LogP contribution in [0.25, 0.3) is 0 Å². The number of nitrogens with one attached hydrogen (secondary N) is 1. The van der Waals surface area contributed by atoms with E-state index in [0.717, 1.165) is 36.5 Å². The zero-order chi connectivity index (χ0) is 18.7. The van der Waals surface area contributed by atoms with E-state index in [0.29, 0.717) is 6.54 Å². The first-order chi connectivity index (χ1) is 12.3. The molecule has 3 nitrogen and oxygen atoms in total. The second-order valence-corrected chi connectivity index (χ2v) is 6.65. The van der Waals surface area contributed by atoms with Gasteiger partial charge in [0.2, 0.25) is 0 Å². The first kappa shape index (κ1) is 18.5. The Morgan fingerprint density at radius 3 is 2.50 bits per heavy atom. The Balaban J connectivity index is 1.68. The lowest BCUT2D eigenvalue weighted by atomic mass is 9.92. The lowest BCUT2D eigenvalue weighted by Gasteiger charge is -2.22. The molecular formula is C20H20F3NO2. The summed E-state index contributed by atoms with van der Waals surface area (Å²) in [7, 11) is 0. The Morgan fingerprint density at radius 2 is 1.85 bits per heavy atom. The summed E-state index contributed by atoms with van der Waals surface area (Å²) in [5.41, 5.74) is 1.29. The molecule has 2 N–H and O–H groups in total. The van der Waals surface area contributed by atoms with Crippen LogP contribution in [0.2, 0.25) is 0 Å². The van der Waals surface area contributed by atoms with Crippen molar-refractivity contribution in [1.82, 2.24) is 5.32 Å². The molecule has 0 radical (unpaired) electrons. The highest BCUT2D eigenvalue weighted by atomic mass is 19.4. The molecule has 2 atom stereocenters. The summed E-state index contributed by atoms with van der Waals surface area (Å²) in [5.74, 6) is -0.916. The maximum absolute atomic E-state index is 13.0. The molecule has 0 aromatic heterocycles. The molecule has 1 aliphatic carbocycles. The van der Waals surface area contributed by atoms with Crippen LogP contribution in [0.1, 0.15) is 52.2 Å². The molecule has 1 fully saturated rings. The van der Waals surface area contributed by atoms with Crippen molar-refractivity contribution in [3.05, 3.63) is 70.8 Å². The molecule has 2 unspecified atom stereocenters. The molecule has 1 saturated carbocycles. The topological polar surface area (TPSA) is 49.3 Å². The highest BCUT2D eigenvalue weighted by Gasteiger charge is 2.33. The van der Waals surface area contributed by atoms with E-state index in [1.165, 1.54) is 12.1 Å². The molecule has 0 aliphatic heterocycles. The number of aromatic carboxylic acids is 1. The molecule has 26 heavy (non-hydrogen) atoms. The van der Waals surface area contributed by atoms with E-state index in [4.69, 9.17) is 5.11 Å². The summed E-state index contributed by atoms with van der Waals surface area (Å²) < 4.78 is 38.9. The molecule has 138 valence electrons. The average molecular weight is 363 g/mol. The minimum atomic E-state index is -4.33. The van der Waals surface area contributed by atoms with Gasteiger partial charge in [0, 0.05) is 12.6 Å². The minimum Gasteiger partial charge on any atom is -0.478 e. The molecule has 2 aromatic carbocycles. The van der Waals surface area contributed by atoms with Crippen molar-refractivity contribution in [3.63, 3.8) is 0 Å². The van der Waals surface area contributed by atoms with Crippen molar-refractivity contribution in [2.75, 3.05) is 0 Å². The summed E-state index contributed by atoms with van der Waals surface area (Å²) in [6.45, 7) is 0.556. The fraction of sp³-hybridized carbons (Fsp3) is 0.350. The number of hydrogen-bond donors (Lipinski definition) is 2. The second-order valence-electron chi connectivity index (χ2n) is 6.65. The van der Waals surface area contributed by atoms with Crippen LogP contribution in [0, 0.1) is 0 Å². The van der Waals surface area contributed by atoms with Crippen LogP contribution in [-0.2, 0) is 12.7 Å². The number of benzene rings is 2. The van der Waals surface area contributed by atoms with Gasteiger partial charge < -0.3 is 10.4 Å². The van der Waals surface area contributed by atoms with E-state index in [-0.39, 0.29) is 17.5 Å². The van der Waals surface area contributed by atoms with E-state index in [1.54, 1.807) is 30.3 Å². The van der Waals surface area contributed by atoms with Crippen molar-refractivity contribution < 1.29 is 23.1 Å². The van der Waals surface area contributed by atoms with Crippen LogP contribution < -0.4 is 5.32 Å². The number of carbonyl (C=O) groups is 1.